The Morgan fingerprint density at radius 1 is 0.912 bits per heavy atom. The number of benzene rings is 2. The number of aromatic nitrogens is 1. The summed E-state index contributed by atoms with van der Waals surface area (Å²) < 4.78 is 0. The van der Waals surface area contributed by atoms with E-state index in [2.05, 4.69) is 10.3 Å². The van der Waals surface area contributed by atoms with Crippen LogP contribution in [-0.4, -0.2) is 59.2 Å². The molecule has 1 saturated heterocycles. The second kappa shape index (κ2) is 9.25. The van der Waals surface area contributed by atoms with Gasteiger partial charge in [0, 0.05) is 68.1 Å². The van der Waals surface area contributed by atoms with Gasteiger partial charge in [0.05, 0.1) is 0 Å². The Labute approximate surface area is 198 Å². The molecule has 1 aromatic heterocycles. The maximum absolute atomic E-state index is 13.4. The maximum atomic E-state index is 13.4. The van der Waals surface area contributed by atoms with E-state index in [1.165, 1.54) is 0 Å². The largest absolute Gasteiger partial charge is 0.359 e. The van der Waals surface area contributed by atoms with E-state index in [0.717, 1.165) is 27.5 Å². The number of nitrogens with zero attached hydrogens (tertiary/aromatic N) is 3. The van der Waals surface area contributed by atoms with Crippen molar-refractivity contribution in [2.45, 2.75) is 25.8 Å². The average molecular weight is 457 g/mol. The van der Waals surface area contributed by atoms with Crippen LogP contribution >= 0.6 is 0 Å². The molecular formula is C27H28N4O3. The molecule has 0 bridgehead atoms. The van der Waals surface area contributed by atoms with Crippen molar-refractivity contribution >= 4 is 28.5 Å². The van der Waals surface area contributed by atoms with Crippen LogP contribution < -0.4 is 5.32 Å². The summed E-state index contributed by atoms with van der Waals surface area (Å²) in [6.45, 7) is 2.22. The van der Waals surface area contributed by atoms with Crippen molar-refractivity contribution in [3.05, 3.63) is 77.1 Å². The molecule has 2 aromatic carbocycles. The molecular weight excluding hydrogens is 428 g/mol. The Morgan fingerprint density at radius 2 is 1.65 bits per heavy atom. The van der Waals surface area contributed by atoms with E-state index in [9.17, 15) is 14.4 Å². The zero-order valence-electron chi connectivity index (χ0n) is 19.3. The van der Waals surface area contributed by atoms with Gasteiger partial charge < -0.3 is 15.1 Å². The quantitative estimate of drug-likeness (QED) is 0.657. The third kappa shape index (κ3) is 4.02. The molecule has 7 nitrogen and oxygen atoms in total. The highest BCUT2D eigenvalue weighted by molar-refractivity contribution is 6.07. The molecule has 0 spiro atoms. The van der Waals surface area contributed by atoms with Crippen molar-refractivity contribution in [2.24, 2.45) is 5.92 Å². The minimum absolute atomic E-state index is 0.00421. The smallest absolute Gasteiger partial charge is 0.254 e. The zero-order valence-corrected chi connectivity index (χ0v) is 19.3. The lowest BCUT2D eigenvalue weighted by Gasteiger charge is -2.34. The molecule has 2 aliphatic rings. The molecule has 0 unspecified atom stereocenters. The molecule has 3 aromatic rings. The lowest BCUT2D eigenvalue weighted by atomic mass is 9.91. The molecule has 0 radical (unpaired) electrons. The van der Waals surface area contributed by atoms with Crippen molar-refractivity contribution in [1.29, 1.82) is 0 Å². The summed E-state index contributed by atoms with van der Waals surface area (Å²) in [6, 6.07) is 13.4. The lowest BCUT2D eigenvalue weighted by molar-refractivity contribution is -0.125. The van der Waals surface area contributed by atoms with Gasteiger partial charge in [0.25, 0.3) is 11.8 Å². The van der Waals surface area contributed by atoms with Gasteiger partial charge in [-0.25, -0.2) is 0 Å². The number of nitrogens with one attached hydrogen (secondary N) is 1. The minimum atomic E-state index is -0.0249. The molecule has 1 fully saturated rings. The van der Waals surface area contributed by atoms with Crippen LogP contribution in [0.5, 0.6) is 0 Å². The number of hydrogen-bond donors (Lipinski definition) is 1. The summed E-state index contributed by atoms with van der Waals surface area (Å²) >= 11 is 0. The van der Waals surface area contributed by atoms with E-state index in [1.54, 1.807) is 19.4 Å². The van der Waals surface area contributed by atoms with Crippen molar-refractivity contribution < 1.29 is 14.4 Å². The monoisotopic (exact) mass is 456 g/mol. The molecule has 34 heavy (non-hydrogen) atoms. The van der Waals surface area contributed by atoms with Crippen LogP contribution in [0.2, 0.25) is 0 Å². The fourth-order valence-electron chi connectivity index (χ4n) is 5.18. The average Bonchev–Trinajstić information content (AvgIpc) is 2.91. The van der Waals surface area contributed by atoms with Gasteiger partial charge >= 0.3 is 0 Å². The first-order chi connectivity index (χ1) is 16.6. The Bertz CT molecular complexity index is 1260. The highest BCUT2D eigenvalue weighted by Gasteiger charge is 2.30. The summed E-state index contributed by atoms with van der Waals surface area (Å²) in [7, 11) is 1.65. The van der Waals surface area contributed by atoms with Crippen LogP contribution in [0.1, 0.15) is 44.7 Å². The van der Waals surface area contributed by atoms with Crippen LogP contribution in [0.15, 0.2) is 54.9 Å². The van der Waals surface area contributed by atoms with E-state index in [0.29, 0.717) is 51.0 Å². The third-order valence-electron chi connectivity index (χ3n) is 7.09. The SMILES string of the molecule is CNC(=O)C1CCN(C(=O)c2cccc3c2CCN(C(=O)c2cccc4cnccc24)C3)CC1. The number of carbonyl (C=O) groups is 3. The molecule has 3 heterocycles. The first-order valence-electron chi connectivity index (χ1n) is 11.8. The molecule has 1 N–H and O–H groups in total. The van der Waals surface area contributed by atoms with Gasteiger partial charge in [0.15, 0.2) is 0 Å². The summed E-state index contributed by atoms with van der Waals surface area (Å²) in [5.41, 5.74) is 3.45. The van der Waals surface area contributed by atoms with Crippen molar-refractivity contribution in [3.8, 4) is 0 Å². The van der Waals surface area contributed by atoms with E-state index in [4.69, 9.17) is 0 Å². The second-order valence-corrected chi connectivity index (χ2v) is 9.00. The van der Waals surface area contributed by atoms with Crippen LogP contribution in [-0.2, 0) is 17.8 Å². The number of likely N-dealkylation sites (tertiary alicyclic amines) is 1. The predicted molar refractivity (Wildman–Crippen MR) is 129 cm³/mol. The maximum Gasteiger partial charge on any atom is 0.254 e. The normalized spacial score (nSPS) is 16.3. The third-order valence-corrected chi connectivity index (χ3v) is 7.09. The summed E-state index contributed by atoms with van der Waals surface area (Å²) in [5, 5.41) is 4.55. The topological polar surface area (TPSA) is 82.6 Å². The van der Waals surface area contributed by atoms with Gasteiger partial charge in [-0.1, -0.05) is 24.3 Å². The van der Waals surface area contributed by atoms with E-state index < -0.39 is 0 Å². The van der Waals surface area contributed by atoms with E-state index in [1.807, 2.05) is 52.3 Å². The predicted octanol–water partition coefficient (Wildman–Crippen LogP) is 3.03. The molecule has 0 atom stereocenters. The Kier molecular flexibility index (Phi) is 6.01. The molecule has 3 amide bonds. The van der Waals surface area contributed by atoms with Gasteiger partial charge in [0.2, 0.25) is 5.91 Å². The Balaban J connectivity index is 1.33. The number of pyridine rings is 1. The fourth-order valence-corrected chi connectivity index (χ4v) is 5.18. The molecule has 2 aliphatic heterocycles. The standard InChI is InChI=1S/C27H28N4O3/c1-28-25(32)18-9-13-30(14-10-18)26(33)24-7-3-5-20-17-31(15-11-22(20)24)27(34)23-6-2-4-19-16-29-12-8-21(19)23/h2-8,12,16,18H,9-11,13-15,17H2,1H3,(H,28,32). The van der Waals surface area contributed by atoms with Gasteiger partial charge in [-0.3, -0.25) is 19.4 Å². The summed E-state index contributed by atoms with van der Waals surface area (Å²) in [5.74, 6) is 0.0450. The van der Waals surface area contributed by atoms with Crippen molar-refractivity contribution in [2.75, 3.05) is 26.7 Å². The highest BCUT2D eigenvalue weighted by atomic mass is 16.2. The number of fused-ring (bicyclic) bond motifs is 2. The second-order valence-electron chi connectivity index (χ2n) is 9.00. The highest BCUT2D eigenvalue weighted by Crippen LogP contribution is 2.28. The van der Waals surface area contributed by atoms with Gasteiger partial charge in [0.1, 0.15) is 0 Å². The summed E-state index contributed by atoms with van der Waals surface area (Å²) in [4.78, 5) is 46.5. The van der Waals surface area contributed by atoms with Gasteiger partial charge in [-0.15, -0.1) is 0 Å². The number of rotatable bonds is 3. The first-order valence-corrected chi connectivity index (χ1v) is 11.8. The first kappa shape index (κ1) is 22.1. The molecule has 7 heteroatoms. The summed E-state index contributed by atoms with van der Waals surface area (Å²) in [6.07, 6.45) is 5.49. The minimum Gasteiger partial charge on any atom is -0.359 e. The molecule has 0 aliphatic carbocycles. The Hall–Kier alpha value is -3.74. The van der Waals surface area contributed by atoms with Crippen LogP contribution in [0.25, 0.3) is 10.8 Å². The fraction of sp³-hybridized carbons (Fsp3) is 0.333. The van der Waals surface area contributed by atoms with Gasteiger partial charge in [-0.05, 0) is 54.0 Å². The number of hydrogen-bond acceptors (Lipinski definition) is 4. The van der Waals surface area contributed by atoms with Crippen molar-refractivity contribution in [3.63, 3.8) is 0 Å². The Morgan fingerprint density at radius 3 is 2.44 bits per heavy atom. The van der Waals surface area contributed by atoms with Gasteiger partial charge in [-0.2, -0.15) is 0 Å². The zero-order chi connectivity index (χ0) is 23.7. The number of piperidine rings is 1. The van der Waals surface area contributed by atoms with Crippen LogP contribution in [0.3, 0.4) is 0 Å². The van der Waals surface area contributed by atoms with E-state index >= 15 is 0 Å². The van der Waals surface area contributed by atoms with Crippen LogP contribution in [0, 0.1) is 5.92 Å². The molecule has 0 saturated carbocycles. The number of amides is 3. The van der Waals surface area contributed by atoms with Crippen LogP contribution in [0.4, 0.5) is 0 Å². The van der Waals surface area contributed by atoms with Crippen molar-refractivity contribution in [1.82, 2.24) is 20.1 Å². The van der Waals surface area contributed by atoms with E-state index in [-0.39, 0.29) is 23.6 Å². The number of carbonyl (C=O) groups excluding carboxylic acids is 3. The molecule has 5 rings (SSSR count). The lowest BCUT2D eigenvalue weighted by Crippen LogP contribution is -2.43. The molecule has 174 valence electrons.